The second kappa shape index (κ2) is 6.57. The van der Waals surface area contributed by atoms with Crippen molar-refractivity contribution >= 4 is 5.91 Å². The molecular formula is C15H22N2O2. The van der Waals surface area contributed by atoms with E-state index in [2.05, 4.69) is 0 Å². The standard InChI is InChI=1S/C15H22N2O2/c1-12(16)13-7-3-4-8-14(13)19-11-15(18)17-9-5-2-6-10-17/h3-4,7-8,12H,2,5-6,9-11,16H2,1H3. The Bertz CT molecular complexity index is 426. The molecule has 1 aromatic rings. The Morgan fingerprint density at radius 2 is 2.00 bits per heavy atom. The first-order valence-electron chi connectivity index (χ1n) is 6.93. The van der Waals surface area contributed by atoms with Crippen LogP contribution in [0.25, 0.3) is 0 Å². The molecule has 1 aromatic carbocycles. The number of likely N-dealkylation sites (tertiary alicyclic amines) is 1. The molecule has 1 atom stereocenters. The van der Waals surface area contributed by atoms with E-state index in [-0.39, 0.29) is 18.6 Å². The molecule has 1 fully saturated rings. The number of benzene rings is 1. The van der Waals surface area contributed by atoms with E-state index in [1.165, 1.54) is 6.42 Å². The van der Waals surface area contributed by atoms with Gasteiger partial charge < -0.3 is 15.4 Å². The second-order valence-electron chi connectivity index (χ2n) is 5.06. The topological polar surface area (TPSA) is 55.6 Å². The molecule has 0 bridgehead atoms. The summed E-state index contributed by atoms with van der Waals surface area (Å²) in [6, 6.07) is 7.53. The molecular weight excluding hydrogens is 240 g/mol. The zero-order valence-electron chi connectivity index (χ0n) is 11.5. The molecule has 0 aromatic heterocycles. The molecule has 0 aliphatic carbocycles. The number of nitrogens with two attached hydrogens (primary N) is 1. The first-order chi connectivity index (χ1) is 9.18. The zero-order chi connectivity index (χ0) is 13.7. The minimum atomic E-state index is -0.0960. The largest absolute Gasteiger partial charge is 0.483 e. The fourth-order valence-corrected chi connectivity index (χ4v) is 2.36. The Balaban J connectivity index is 1.93. The Morgan fingerprint density at radius 1 is 1.32 bits per heavy atom. The Kier molecular flexibility index (Phi) is 4.80. The van der Waals surface area contributed by atoms with Gasteiger partial charge in [-0.25, -0.2) is 0 Å². The lowest BCUT2D eigenvalue weighted by Gasteiger charge is -2.26. The van der Waals surface area contributed by atoms with Gasteiger partial charge in [0.2, 0.25) is 0 Å². The summed E-state index contributed by atoms with van der Waals surface area (Å²) in [7, 11) is 0. The number of ether oxygens (including phenoxy) is 1. The van der Waals surface area contributed by atoms with Crippen LogP contribution in [-0.2, 0) is 4.79 Å². The predicted octanol–water partition coefficient (Wildman–Crippen LogP) is 2.10. The molecule has 1 unspecified atom stereocenters. The van der Waals surface area contributed by atoms with Crippen LogP contribution in [0.1, 0.15) is 37.8 Å². The number of carbonyl (C=O) groups excluding carboxylic acids is 1. The van der Waals surface area contributed by atoms with Gasteiger partial charge in [0.05, 0.1) is 0 Å². The van der Waals surface area contributed by atoms with E-state index in [0.29, 0.717) is 5.75 Å². The van der Waals surface area contributed by atoms with Crippen molar-refractivity contribution in [2.24, 2.45) is 5.73 Å². The smallest absolute Gasteiger partial charge is 0.260 e. The molecule has 1 saturated heterocycles. The molecule has 0 saturated carbocycles. The minimum absolute atomic E-state index is 0.0687. The Labute approximate surface area is 114 Å². The summed E-state index contributed by atoms with van der Waals surface area (Å²) in [6.45, 7) is 3.73. The summed E-state index contributed by atoms with van der Waals surface area (Å²) in [4.78, 5) is 13.9. The summed E-state index contributed by atoms with van der Waals surface area (Å²) >= 11 is 0. The van der Waals surface area contributed by atoms with Crippen molar-refractivity contribution in [2.75, 3.05) is 19.7 Å². The summed E-state index contributed by atoms with van der Waals surface area (Å²) in [6.07, 6.45) is 3.42. The number of para-hydroxylation sites is 1. The molecule has 1 amide bonds. The van der Waals surface area contributed by atoms with Crippen molar-refractivity contribution in [1.29, 1.82) is 0 Å². The van der Waals surface area contributed by atoms with E-state index in [9.17, 15) is 4.79 Å². The molecule has 2 N–H and O–H groups in total. The first-order valence-corrected chi connectivity index (χ1v) is 6.93. The van der Waals surface area contributed by atoms with Crippen LogP contribution in [-0.4, -0.2) is 30.5 Å². The van der Waals surface area contributed by atoms with Gasteiger partial charge >= 0.3 is 0 Å². The number of hydrogen-bond acceptors (Lipinski definition) is 3. The van der Waals surface area contributed by atoms with Crippen LogP contribution in [0.15, 0.2) is 24.3 Å². The summed E-state index contributed by atoms with van der Waals surface area (Å²) in [5.74, 6) is 0.780. The monoisotopic (exact) mass is 262 g/mol. The average molecular weight is 262 g/mol. The molecule has 1 heterocycles. The first kappa shape index (κ1) is 13.9. The number of rotatable bonds is 4. The predicted molar refractivity (Wildman–Crippen MR) is 75.0 cm³/mol. The van der Waals surface area contributed by atoms with Crippen LogP contribution in [0.3, 0.4) is 0 Å². The molecule has 19 heavy (non-hydrogen) atoms. The van der Waals surface area contributed by atoms with Crippen LogP contribution in [0.4, 0.5) is 0 Å². The van der Waals surface area contributed by atoms with Gasteiger partial charge in [0, 0.05) is 24.7 Å². The highest BCUT2D eigenvalue weighted by molar-refractivity contribution is 5.77. The van der Waals surface area contributed by atoms with E-state index in [1.807, 2.05) is 36.1 Å². The van der Waals surface area contributed by atoms with Crippen LogP contribution in [0.2, 0.25) is 0 Å². The SMILES string of the molecule is CC(N)c1ccccc1OCC(=O)N1CCCCC1. The van der Waals surface area contributed by atoms with E-state index < -0.39 is 0 Å². The summed E-state index contributed by atoms with van der Waals surface area (Å²) in [5, 5.41) is 0. The molecule has 2 rings (SSSR count). The highest BCUT2D eigenvalue weighted by atomic mass is 16.5. The third kappa shape index (κ3) is 3.70. The van der Waals surface area contributed by atoms with Crippen molar-refractivity contribution in [1.82, 2.24) is 4.90 Å². The third-order valence-corrected chi connectivity index (χ3v) is 3.47. The van der Waals surface area contributed by atoms with E-state index in [1.54, 1.807) is 0 Å². The number of amides is 1. The fraction of sp³-hybridized carbons (Fsp3) is 0.533. The van der Waals surface area contributed by atoms with E-state index >= 15 is 0 Å². The summed E-state index contributed by atoms with van der Waals surface area (Å²) in [5.41, 5.74) is 6.83. The number of hydrogen-bond donors (Lipinski definition) is 1. The number of piperidine rings is 1. The highest BCUT2D eigenvalue weighted by Gasteiger charge is 2.17. The van der Waals surface area contributed by atoms with Crippen LogP contribution < -0.4 is 10.5 Å². The molecule has 4 heteroatoms. The number of carbonyl (C=O) groups is 1. The quantitative estimate of drug-likeness (QED) is 0.904. The van der Waals surface area contributed by atoms with Gasteiger partial charge in [0.15, 0.2) is 6.61 Å². The maximum absolute atomic E-state index is 12.0. The van der Waals surface area contributed by atoms with Gasteiger partial charge in [0.25, 0.3) is 5.91 Å². The highest BCUT2D eigenvalue weighted by Crippen LogP contribution is 2.23. The van der Waals surface area contributed by atoms with Crippen molar-refractivity contribution in [3.63, 3.8) is 0 Å². The van der Waals surface area contributed by atoms with Crippen LogP contribution >= 0.6 is 0 Å². The van der Waals surface area contributed by atoms with Crippen molar-refractivity contribution in [3.05, 3.63) is 29.8 Å². The van der Waals surface area contributed by atoms with Crippen molar-refractivity contribution in [2.45, 2.75) is 32.2 Å². The van der Waals surface area contributed by atoms with Gasteiger partial charge in [0.1, 0.15) is 5.75 Å². The Morgan fingerprint density at radius 3 is 2.68 bits per heavy atom. The average Bonchev–Trinajstić information content (AvgIpc) is 2.46. The van der Waals surface area contributed by atoms with Gasteiger partial charge in [-0.1, -0.05) is 18.2 Å². The molecule has 1 aliphatic heterocycles. The van der Waals surface area contributed by atoms with Gasteiger partial charge in [-0.3, -0.25) is 4.79 Å². The van der Waals surface area contributed by atoms with Crippen molar-refractivity contribution in [3.8, 4) is 5.75 Å². The Hall–Kier alpha value is -1.55. The molecule has 1 aliphatic rings. The fourth-order valence-electron chi connectivity index (χ4n) is 2.36. The van der Waals surface area contributed by atoms with Gasteiger partial charge in [-0.05, 0) is 32.3 Å². The number of nitrogens with zero attached hydrogens (tertiary/aromatic N) is 1. The third-order valence-electron chi connectivity index (χ3n) is 3.47. The summed E-state index contributed by atoms with van der Waals surface area (Å²) < 4.78 is 5.64. The lowest BCUT2D eigenvalue weighted by Crippen LogP contribution is -2.38. The normalized spacial score (nSPS) is 17.1. The van der Waals surface area contributed by atoms with Crippen LogP contribution in [0.5, 0.6) is 5.75 Å². The van der Waals surface area contributed by atoms with Gasteiger partial charge in [-0.15, -0.1) is 0 Å². The molecule has 104 valence electrons. The zero-order valence-corrected chi connectivity index (χ0v) is 11.5. The second-order valence-corrected chi connectivity index (χ2v) is 5.06. The lowest BCUT2D eigenvalue weighted by molar-refractivity contribution is -0.134. The molecule has 0 spiro atoms. The maximum atomic E-state index is 12.0. The molecule has 0 radical (unpaired) electrons. The van der Waals surface area contributed by atoms with E-state index in [4.69, 9.17) is 10.5 Å². The minimum Gasteiger partial charge on any atom is -0.483 e. The van der Waals surface area contributed by atoms with E-state index in [0.717, 1.165) is 31.5 Å². The maximum Gasteiger partial charge on any atom is 0.260 e. The van der Waals surface area contributed by atoms with Crippen molar-refractivity contribution < 1.29 is 9.53 Å². The van der Waals surface area contributed by atoms with Gasteiger partial charge in [-0.2, -0.15) is 0 Å². The van der Waals surface area contributed by atoms with Crippen LogP contribution in [0, 0.1) is 0 Å². The molecule has 4 nitrogen and oxygen atoms in total. The lowest BCUT2D eigenvalue weighted by atomic mass is 10.1.